The summed E-state index contributed by atoms with van der Waals surface area (Å²) in [6.07, 6.45) is 4.19. The number of nitrogens with one attached hydrogen (secondary N) is 1. The van der Waals surface area contributed by atoms with Gasteiger partial charge in [0.25, 0.3) is 5.91 Å². The molecule has 1 N–H and O–H groups in total. The number of nitriles is 1. The Morgan fingerprint density at radius 1 is 1.54 bits per heavy atom. The maximum absolute atomic E-state index is 12.0. The molecule has 1 unspecified atom stereocenters. The second kappa shape index (κ2) is 6.89. The molecule has 3 rings (SSSR count). The van der Waals surface area contributed by atoms with Crippen LogP contribution in [0, 0.1) is 17.2 Å². The lowest BCUT2D eigenvalue weighted by Gasteiger charge is -2.17. The monoisotopic (exact) mass is 344 g/mol. The molecule has 0 bridgehead atoms. The van der Waals surface area contributed by atoms with Gasteiger partial charge < -0.3 is 14.5 Å². The maximum atomic E-state index is 12.0. The van der Waals surface area contributed by atoms with Crippen LogP contribution in [-0.2, 0) is 22.4 Å². The van der Waals surface area contributed by atoms with E-state index in [1.54, 1.807) is 6.07 Å². The van der Waals surface area contributed by atoms with Crippen molar-refractivity contribution in [3.8, 4) is 6.07 Å². The van der Waals surface area contributed by atoms with Crippen molar-refractivity contribution in [2.45, 2.75) is 26.2 Å². The van der Waals surface area contributed by atoms with Gasteiger partial charge in [-0.25, -0.2) is 4.79 Å². The standard InChI is InChI=1S/C17H16N2O4S/c1-10-4-5-11-12(8-18)16(24-14(11)7-10)19-15(20)9-23-17(21)13-3-2-6-22-13/h2-3,6,10H,4-5,7,9H2,1H3,(H,19,20). The average molecular weight is 344 g/mol. The molecule has 0 aromatic carbocycles. The quantitative estimate of drug-likeness (QED) is 0.860. The Labute approximate surface area is 143 Å². The highest BCUT2D eigenvalue weighted by Crippen LogP contribution is 2.39. The minimum atomic E-state index is -0.699. The number of fused-ring (bicyclic) bond motifs is 1. The Balaban J connectivity index is 1.64. The van der Waals surface area contributed by atoms with Crippen LogP contribution in [0.25, 0.3) is 0 Å². The first-order valence-corrected chi connectivity index (χ1v) is 8.45. The molecule has 0 radical (unpaired) electrons. The van der Waals surface area contributed by atoms with Gasteiger partial charge in [-0.05, 0) is 42.9 Å². The fourth-order valence-corrected chi connectivity index (χ4v) is 4.09. The highest BCUT2D eigenvalue weighted by atomic mass is 32.1. The minimum absolute atomic E-state index is 0.0427. The van der Waals surface area contributed by atoms with E-state index in [1.165, 1.54) is 23.7 Å². The lowest BCUT2D eigenvalue weighted by Crippen LogP contribution is -2.20. The number of hydrogen-bond donors (Lipinski definition) is 1. The molecule has 24 heavy (non-hydrogen) atoms. The molecule has 7 heteroatoms. The van der Waals surface area contributed by atoms with E-state index >= 15 is 0 Å². The van der Waals surface area contributed by atoms with E-state index in [0.717, 1.165) is 29.7 Å². The van der Waals surface area contributed by atoms with Crippen LogP contribution in [0.15, 0.2) is 22.8 Å². The molecule has 1 atom stereocenters. The van der Waals surface area contributed by atoms with Crippen molar-refractivity contribution >= 4 is 28.2 Å². The zero-order valence-electron chi connectivity index (χ0n) is 13.1. The summed E-state index contributed by atoms with van der Waals surface area (Å²) in [6.45, 7) is 1.75. The van der Waals surface area contributed by atoms with Crippen molar-refractivity contribution in [1.82, 2.24) is 0 Å². The number of esters is 1. The van der Waals surface area contributed by atoms with Crippen LogP contribution >= 0.6 is 11.3 Å². The number of carbonyl (C=O) groups excluding carboxylic acids is 2. The highest BCUT2D eigenvalue weighted by molar-refractivity contribution is 7.16. The lowest BCUT2D eigenvalue weighted by molar-refractivity contribution is -0.119. The Hall–Kier alpha value is -2.59. The first kappa shape index (κ1) is 16.3. The molecule has 2 aromatic heterocycles. The van der Waals surface area contributed by atoms with Gasteiger partial charge >= 0.3 is 5.97 Å². The number of hydrogen-bond acceptors (Lipinski definition) is 6. The summed E-state index contributed by atoms with van der Waals surface area (Å²) < 4.78 is 9.79. The number of thiophene rings is 1. The lowest BCUT2D eigenvalue weighted by atomic mass is 9.89. The van der Waals surface area contributed by atoms with Gasteiger partial charge in [0.1, 0.15) is 11.1 Å². The molecule has 1 amide bonds. The van der Waals surface area contributed by atoms with Gasteiger partial charge in [-0.1, -0.05) is 6.92 Å². The van der Waals surface area contributed by atoms with E-state index in [4.69, 9.17) is 9.15 Å². The molecule has 0 saturated heterocycles. The van der Waals surface area contributed by atoms with Crippen LogP contribution in [0.3, 0.4) is 0 Å². The largest absolute Gasteiger partial charge is 0.457 e. The van der Waals surface area contributed by atoms with Gasteiger partial charge in [0, 0.05) is 4.88 Å². The van der Waals surface area contributed by atoms with Crippen LogP contribution in [0.2, 0.25) is 0 Å². The van der Waals surface area contributed by atoms with Crippen LogP contribution in [0.4, 0.5) is 5.00 Å². The van der Waals surface area contributed by atoms with E-state index in [0.29, 0.717) is 16.5 Å². The average Bonchev–Trinajstić information content (AvgIpc) is 3.19. The zero-order chi connectivity index (χ0) is 17.1. The molecule has 0 aliphatic heterocycles. The Morgan fingerprint density at radius 3 is 3.08 bits per heavy atom. The number of amides is 1. The van der Waals surface area contributed by atoms with Crippen molar-refractivity contribution < 1.29 is 18.7 Å². The van der Waals surface area contributed by atoms with E-state index in [2.05, 4.69) is 18.3 Å². The van der Waals surface area contributed by atoms with Crippen LogP contribution in [0.5, 0.6) is 0 Å². The second-order valence-corrected chi connectivity index (χ2v) is 6.87. The molecule has 0 fully saturated rings. The van der Waals surface area contributed by atoms with E-state index < -0.39 is 18.5 Å². The highest BCUT2D eigenvalue weighted by Gasteiger charge is 2.25. The Morgan fingerprint density at radius 2 is 2.38 bits per heavy atom. The summed E-state index contributed by atoms with van der Waals surface area (Å²) in [7, 11) is 0. The molecule has 1 aliphatic rings. The zero-order valence-corrected chi connectivity index (χ0v) is 13.9. The molecular weight excluding hydrogens is 328 g/mol. The fraction of sp³-hybridized carbons (Fsp3) is 0.353. The fourth-order valence-electron chi connectivity index (χ4n) is 2.72. The smallest absolute Gasteiger partial charge is 0.374 e. The minimum Gasteiger partial charge on any atom is -0.457 e. The summed E-state index contributed by atoms with van der Waals surface area (Å²) in [6, 6.07) is 5.21. The predicted octanol–water partition coefficient (Wildman–Crippen LogP) is 3.13. The Bertz CT molecular complexity index is 801. The number of ether oxygens (including phenoxy) is 1. The molecule has 1 aliphatic carbocycles. The molecule has 124 valence electrons. The SMILES string of the molecule is CC1CCc2c(sc(NC(=O)COC(=O)c3ccco3)c2C#N)C1. The number of carbonyl (C=O) groups is 2. The number of furan rings is 1. The van der Waals surface area contributed by atoms with Gasteiger partial charge in [-0.15, -0.1) is 11.3 Å². The Kier molecular flexibility index (Phi) is 4.67. The van der Waals surface area contributed by atoms with Crippen LogP contribution < -0.4 is 5.32 Å². The second-order valence-electron chi connectivity index (χ2n) is 5.77. The number of rotatable bonds is 4. The van der Waals surface area contributed by atoms with Gasteiger partial charge in [0.15, 0.2) is 6.61 Å². The maximum Gasteiger partial charge on any atom is 0.374 e. The van der Waals surface area contributed by atoms with Gasteiger partial charge in [-0.2, -0.15) is 5.26 Å². The topological polar surface area (TPSA) is 92.3 Å². The summed E-state index contributed by atoms with van der Waals surface area (Å²) in [5.41, 5.74) is 1.58. The molecule has 2 heterocycles. The summed E-state index contributed by atoms with van der Waals surface area (Å²) in [5, 5.41) is 12.6. The first-order chi connectivity index (χ1) is 11.6. The third-order valence-corrected chi connectivity index (χ3v) is 5.10. The van der Waals surface area contributed by atoms with Crippen LogP contribution in [-0.4, -0.2) is 18.5 Å². The number of nitrogens with zero attached hydrogens (tertiary/aromatic N) is 1. The van der Waals surface area contributed by atoms with E-state index in [1.807, 2.05) is 0 Å². The normalized spacial score (nSPS) is 16.1. The molecular formula is C17H16N2O4S. The number of anilines is 1. The molecule has 0 spiro atoms. The van der Waals surface area contributed by atoms with Crippen molar-refractivity contribution in [2.24, 2.45) is 5.92 Å². The van der Waals surface area contributed by atoms with E-state index in [-0.39, 0.29) is 5.76 Å². The summed E-state index contributed by atoms with van der Waals surface area (Å²) >= 11 is 1.44. The third-order valence-electron chi connectivity index (χ3n) is 3.93. The third kappa shape index (κ3) is 3.34. The molecule has 0 saturated carbocycles. The molecule has 6 nitrogen and oxygen atoms in total. The van der Waals surface area contributed by atoms with Gasteiger partial charge in [0.05, 0.1) is 11.8 Å². The van der Waals surface area contributed by atoms with E-state index in [9.17, 15) is 14.9 Å². The van der Waals surface area contributed by atoms with Crippen molar-refractivity contribution in [3.63, 3.8) is 0 Å². The van der Waals surface area contributed by atoms with Gasteiger partial charge in [0.2, 0.25) is 5.76 Å². The van der Waals surface area contributed by atoms with Gasteiger partial charge in [-0.3, -0.25) is 4.79 Å². The van der Waals surface area contributed by atoms with Crippen molar-refractivity contribution in [2.75, 3.05) is 11.9 Å². The summed E-state index contributed by atoms with van der Waals surface area (Å²) in [5.74, 6) is -0.547. The first-order valence-electron chi connectivity index (χ1n) is 7.63. The predicted molar refractivity (Wildman–Crippen MR) is 87.8 cm³/mol. The summed E-state index contributed by atoms with van der Waals surface area (Å²) in [4.78, 5) is 24.8. The molecule has 2 aromatic rings. The van der Waals surface area contributed by atoms with Crippen LogP contribution in [0.1, 0.15) is 39.9 Å². The van der Waals surface area contributed by atoms with Crippen molar-refractivity contribution in [1.29, 1.82) is 5.26 Å². The van der Waals surface area contributed by atoms with Crippen molar-refractivity contribution in [3.05, 3.63) is 40.2 Å².